The van der Waals surface area contributed by atoms with Gasteiger partial charge in [-0.15, -0.1) is 0 Å². The Labute approximate surface area is 153 Å². The Morgan fingerprint density at radius 2 is 1.88 bits per heavy atom. The van der Waals surface area contributed by atoms with Gasteiger partial charge in [0.05, 0.1) is 18.7 Å². The minimum absolute atomic E-state index is 0.0707. The van der Waals surface area contributed by atoms with Crippen LogP contribution in [-0.4, -0.2) is 35.4 Å². The topological polar surface area (TPSA) is 78.8 Å². The van der Waals surface area contributed by atoms with E-state index >= 15 is 0 Å². The number of methoxy groups -OCH3 is 1. The maximum Gasteiger partial charge on any atom is 0.279 e. The molecule has 5 nitrogen and oxygen atoms in total. The lowest BCUT2D eigenvalue weighted by atomic mass is 10.2. The summed E-state index contributed by atoms with van der Waals surface area (Å²) in [5.41, 5.74) is 1.73. The van der Waals surface area contributed by atoms with Gasteiger partial charge < -0.3 is 10.1 Å². The number of ether oxygens (including phenoxy) is 1. The highest BCUT2D eigenvalue weighted by atomic mass is 35.5. The van der Waals surface area contributed by atoms with E-state index in [2.05, 4.69) is 5.32 Å². The third-order valence-corrected chi connectivity index (χ3v) is 5.60. The van der Waals surface area contributed by atoms with E-state index in [1.165, 1.54) is 0 Å². The van der Waals surface area contributed by atoms with Crippen LogP contribution in [0.25, 0.3) is 0 Å². The molecular weight excluding hydrogens is 361 g/mol. The number of rotatable bonds is 9. The molecule has 3 N–H and O–H groups in total. The van der Waals surface area contributed by atoms with Gasteiger partial charge in [0.1, 0.15) is 11.9 Å². The summed E-state index contributed by atoms with van der Waals surface area (Å²) in [6.45, 7) is 0.526. The van der Waals surface area contributed by atoms with Gasteiger partial charge in [0, 0.05) is 6.54 Å². The van der Waals surface area contributed by atoms with Crippen molar-refractivity contribution < 1.29 is 19.3 Å². The van der Waals surface area contributed by atoms with Crippen molar-refractivity contribution in [1.29, 1.82) is 0 Å². The summed E-state index contributed by atoms with van der Waals surface area (Å²) in [6.07, 6.45) is -0.105. The highest BCUT2D eigenvalue weighted by Gasteiger charge is 2.36. The predicted molar refractivity (Wildman–Crippen MR) is 101 cm³/mol. The van der Waals surface area contributed by atoms with Crippen molar-refractivity contribution in [1.82, 2.24) is 5.32 Å². The lowest BCUT2D eigenvalue weighted by Gasteiger charge is -2.12. The lowest BCUT2D eigenvalue weighted by Crippen LogP contribution is -2.26. The molecule has 0 unspecified atom stereocenters. The van der Waals surface area contributed by atoms with Gasteiger partial charge in [0.25, 0.3) is 7.72 Å². The van der Waals surface area contributed by atoms with Crippen LogP contribution in [-0.2, 0) is 17.5 Å². The second kappa shape index (κ2) is 9.27. The average molecular weight is 383 g/mol. The summed E-state index contributed by atoms with van der Waals surface area (Å²) in [4.78, 5) is 32.3. The smallest absolute Gasteiger partial charge is 0.279 e. The van der Waals surface area contributed by atoms with Gasteiger partial charge in [-0.1, -0.05) is 48.0 Å². The highest BCUT2D eigenvalue weighted by Crippen LogP contribution is 2.52. The Kier molecular flexibility index (Phi) is 7.36. The maximum absolute atomic E-state index is 12.0. The van der Waals surface area contributed by atoms with Crippen LogP contribution in [0.2, 0.25) is 5.02 Å². The molecule has 0 amide bonds. The third kappa shape index (κ3) is 6.73. The van der Waals surface area contributed by atoms with Crippen LogP contribution < -0.4 is 10.1 Å². The Morgan fingerprint density at radius 1 is 1.16 bits per heavy atom. The molecule has 0 saturated carbocycles. The summed E-state index contributed by atoms with van der Waals surface area (Å²) < 4.78 is 5.09. The van der Waals surface area contributed by atoms with Gasteiger partial charge in [-0.2, -0.15) is 0 Å². The molecule has 134 valence electrons. The van der Waals surface area contributed by atoms with Crippen molar-refractivity contribution in [3.63, 3.8) is 0 Å². The SMILES string of the molecule is COc1ccc(CNCC(=O)C[P+](O)(O)Cc2ccccc2)cc1Cl. The van der Waals surface area contributed by atoms with Gasteiger partial charge in [-0.05, 0) is 23.3 Å². The van der Waals surface area contributed by atoms with Crippen LogP contribution >= 0.6 is 19.3 Å². The Morgan fingerprint density at radius 3 is 2.52 bits per heavy atom. The zero-order valence-electron chi connectivity index (χ0n) is 14.0. The summed E-state index contributed by atoms with van der Waals surface area (Å²) in [7, 11) is -1.73. The van der Waals surface area contributed by atoms with E-state index in [0.29, 0.717) is 17.3 Å². The number of ketones is 1. The minimum Gasteiger partial charge on any atom is -0.495 e. The molecule has 0 heterocycles. The molecule has 0 aromatic heterocycles. The van der Waals surface area contributed by atoms with Crippen LogP contribution in [0.4, 0.5) is 0 Å². The van der Waals surface area contributed by atoms with Crippen molar-refractivity contribution in [2.24, 2.45) is 0 Å². The molecule has 7 heteroatoms. The molecule has 0 radical (unpaired) electrons. The van der Waals surface area contributed by atoms with E-state index in [1.54, 1.807) is 19.2 Å². The fourth-order valence-corrected chi connectivity index (χ4v) is 4.30. The van der Waals surface area contributed by atoms with E-state index in [9.17, 15) is 14.6 Å². The van der Waals surface area contributed by atoms with Crippen LogP contribution in [0.1, 0.15) is 11.1 Å². The van der Waals surface area contributed by atoms with Crippen molar-refractivity contribution in [3.05, 3.63) is 64.7 Å². The molecule has 0 aliphatic rings. The molecular formula is C18H22ClNO4P+. The van der Waals surface area contributed by atoms with Crippen molar-refractivity contribution >= 4 is 25.1 Å². The summed E-state index contributed by atoms with van der Waals surface area (Å²) in [5.74, 6) is 0.367. The highest BCUT2D eigenvalue weighted by molar-refractivity contribution is 7.64. The number of hydrogen-bond acceptors (Lipinski definition) is 5. The molecule has 2 aromatic rings. The van der Waals surface area contributed by atoms with Gasteiger partial charge in [0.15, 0.2) is 11.9 Å². The number of benzene rings is 2. The molecule has 0 saturated heterocycles. The van der Waals surface area contributed by atoms with E-state index in [-0.39, 0.29) is 24.7 Å². The predicted octanol–water partition coefficient (Wildman–Crippen LogP) is 3.04. The third-order valence-electron chi connectivity index (χ3n) is 3.58. The van der Waals surface area contributed by atoms with E-state index in [1.807, 2.05) is 36.4 Å². The first-order valence-electron chi connectivity index (χ1n) is 7.81. The van der Waals surface area contributed by atoms with Gasteiger partial charge in [-0.25, -0.2) is 9.79 Å². The average Bonchev–Trinajstić information content (AvgIpc) is 2.55. The van der Waals surface area contributed by atoms with Crippen molar-refractivity contribution in [3.8, 4) is 5.75 Å². The van der Waals surface area contributed by atoms with Crippen molar-refractivity contribution in [2.75, 3.05) is 19.8 Å². The minimum atomic E-state index is -3.28. The van der Waals surface area contributed by atoms with Crippen LogP contribution in [0.15, 0.2) is 48.5 Å². The summed E-state index contributed by atoms with van der Waals surface area (Å²) in [6, 6.07) is 14.5. The normalized spacial score (nSPS) is 11.4. The van der Waals surface area contributed by atoms with Gasteiger partial charge >= 0.3 is 0 Å². The van der Waals surface area contributed by atoms with Crippen LogP contribution in [0.5, 0.6) is 5.75 Å². The second-order valence-electron chi connectivity index (χ2n) is 5.79. The fourth-order valence-electron chi connectivity index (χ4n) is 2.44. The summed E-state index contributed by atoms with van der Waals surface area (Å²) in [5, 5.41) is 3.51. The fraction of sp³-hybridized carbons (Fsp3) is 0.278. The van der Waals surface area contributed by atoms with Crippen LogP contribution in [0.3, 0.4) is 0 Å². The molecule has 2 aromatic carbocycles. The standard InChI is InChI=1S/C18H22ClNO4P/c1-24-18-8-7-15(9-17(18)19)10-20-11-16(21)13-25(22,23)12-14-5-3-2-4-6-14/h2-9,20,22-23H,10-13H2,1H3/q+1. The van der Waals surface area contributed by atoms with E-state index < -0.39 is 7.72 Å². The first kappa shape index (κ1) is 19.8. The number of halogens is 1. The van der Waals surface area contributed by atoms with E-state index in [4.69, 9.17) is 16.3 Å². The van der Waals surface area contributed by atoms with Crippen LogP contribution in [0, 0.1) is 0 Å². The van der Waals surface area contributed by atoms with E-state index in [0.717, 1.165) is 11.1 Å². The maximum atomic E-state index is 12.0. The Bertz CT molecular complexity index is 709. The van der Waals surface area contributed by atoms with Gasteiger partial charge in [0.2, 0.25) is 0 Å². The molecule has 0 atom stereocenters. The second-order valence-corrected chi connectivity index (χ2v) is 8.59. The number of hydrogen-bond donors (Lipinski definition) is 3. The quantitative estimate of drug-likeness (QED) is 0.581. The number of carbonyl (C=O) groups is 1. The zero-order valence-corrected chi connectivity index (χ0v) is 15.6. The molecule has 0 fully saturated rings. The number of Topliss-reactive ketones (excluding diaryl/α,β-unsaturated/α-hetero) is 1. The lowest BCUT2D eigenvalue weighted by molar-refractivity contribution is -0.116. The molecule has 0 aliphatic carbocycles. The molecule has 2 rings (SSSR count). The van der Waals surface area contributed by atoms with Crippen molar-refractivity contribution in [2.45, 2.75) is 12.7 Å². The summed E-state index contributed by atoms with van der Waals surface area (Å²) >= 11 is 6.05. The molecule has 0 bridgehead atoms. The largest absolute Gasteiger partial charge is 0.495 e. The number of carbonyl (C=O) groups excluding carboxylic acids is 1. The number of nitrogens with one attached hydrogen (secondary N) is 1. The molecule has 25 heavy (non-hydrogen) atoms. The zero-order chi connectivity index (χ0) is 18.3. The first-order valence-corrected chi connectivity index (χ1v) is 10.3. The monoisotopic (exact) mass is 382 g/mol. The first-order chi connectivity index (χ1) is 11.9. The molecule has 0 spiro atoms. The molecule has 0 aliphatic heterocycles. The van der Waals surface area contributed by atoms with Gasteiger partial charge in [-0.3, -0.25) is 4.79 Å². The Balaban J connectivity index is 1.79. The Hall–Kier alpha value is -1.49.